The van der Waals surface area contributed by atoms with Crippen molar-refractivity contribution in [3.8, 4) is 5.88 Å². The number of hydrogen-bond acceptors (Lipinski definition) is 3. The van der Waals surface area contributed by atoms with Crippen molar-refractivity contribution in [1.82, 2.24) is 4.98 Å². The lowest BCUT2D eigenvalue weighted by Crippen LogP contribution is -2.06. The van der Waals surface area contributed by atoms with Crippen LogP contribution in [0.15, 0.2) is 12.3 Å². The zero-order valence-electron chi connectivity index (χ0n) is 9.33. The van der Waals surface area contributed by atoms with Crippen LogP contribution >= 0.6 is 0 Å². The average Bonchev–Trinajstić information content (AvgIpc) is 2.27. The van der Waals surface area contributed by atoms with Crippen LogP contribution in [-0.2, 0) is 11.3 Å². The lowest BCUT2D eigenvalue weighted by molar-refractivity contribution is 0.225. The second-order valence-corrected chi connectivity index (χ2v) is 3.61. The zero-order chi connectivity index (χ0) is 10.8. The number of allylic oxidation sites excluding steroid dienone is 1. The number of methoxy groups -OCH3 is 1. The van der Waals surface area contributed by atoms with Gasteiger partial charge in [-0.15, -0.1) is 0 Å². The van der Waals surface area contributed by atoms with Gasteiger partial charge in [0, 0.05) is 5.69 Å². The monoisotopic (exact) mass is 205 g/mol. The third-order valence-electron chi connectivity index (χ3n) is 2.59. The molecule has 2 rings (SSSR count). The maximum atomic E-state index is 5.40. The first-order valence-corrected chi connectivity index (χ1v) is 5.11. The van der Waals surface area contributed by atoms with Gasteiger partial charge in [0.2, 0.25) is 5.88 Å². The van der Waals surface area contributed by atoms with Crippen molar-refractivity contribution in [3.05, 3.63) is 29.1 Å². The van der Waals surface area contributed by atoms with Crippen molar-refractivity contribution in [2.75, 3.05) is 7.11 Å². The Hall–Kier alpha value is -1.51. The number of nitrogens with zero attached hydrogens (tertiary/aromatic N) is 1. The van der Waals surface area contributed by atoms with E-state index < -0.39 is 0 Å². The van der Waals surface area contributed by atoms with Gasteiger partial charge in [-0.25, -0.2) is 4.98 Å². The maximum Gasteiger partial charge on any atom is 0.220 e. The molecule has 0 spiro atoms. The molecule has 0 bridgehead atoms. The molecule has 0 fully saturated rings. The van der Waals surface area contributed by atoms with Crippen molar-refractivity contribution in [1.29, 1.82) is 0 Å². The SMILES string of the molecule is CCC1=COCc2c1cc(C)nc2OC. The summed E-state index contributed by atoms with van der Waals surface area (Å²) in [7, 11) is 1.64. The molecule has 1 aromatic heterocycles. The van der Waals surface area contributed by atoms with Gasteiger partial charge in [0.05, 0.1) is 18.9 Å². The minimum absolute atomic E-state index is 0.551. The Balaban J connectivity index is 2.58. The number of fused-ring (bicyclic) bond motifs is 1. The topological polar surface area (TPSA) is 31.4 Å². The van der Waals surface area contributed by atoms with Crippen molar-refractivity contribution in [2.24, 2.45) is 0 Å². The van der Waals surface area contributed by atoms with Gasteiger partial charge in [0.15, 0.2) is 0 Å². The fourth-order valence-corrected chi connectivity index (χ4v) is 1.83. The number of rotatable bonds is 2. The summed E-state index contributed by atoms with van der Waals surface area (Å²) in [5, 5.41) is 0. The Morgan fingerprint density at radius 1 is 1.53 bits per heavy atom. The average molecular weight is 205 g/mol. The molecular weight excluding hydrogens is 190 g/mol. The van der Waals surface area contributed by atoms with Gasteiger partial charge in [-0.1, -0.05) is 6.92 Å². The summed E-state index contributed by atoms with van der Waals surface area (Å²) in [4.78, 5) is 4.34. The van der Waals surface area contributed by atoms with Gasteiger partial charge in [-0.2, -0.15) is 0 Å². The van der Waals surface area contributed by atoms with Crippen LogP contribution in [0.25, 0.3) is 5.57 Å². The van der Waals surface area contributed by atoms with Crippen LogP contribution in [0.4, 0.5) is 0 Å². The highest BCUT2D eigenvalue weighted by atomic mass is 16.5. The van der Waals surface area contributed by atoms with E-state index in [1.807, 2.05) is 13.2 Å². The van der Waals surface area contributed by atoms with E-state index in [4.69, 9.17) is 9.47 Å². The summed E-state index contributed by atoms with van der Waals surface area (Å²) in [6.07, 6.45) is 2.79. The van der Waals surface area contributed by atoms with E-state index in [-0.39, 0.29) is 0 Å². The molecule has 1 aliphatic rings. The minimum Gasteiger partial charge on any atom is -0.496 e. The third kappa shape index (κ3) is 1.69. The van der Waals surface area contributed by atoms with E-state index in [1.54, 1.807) is 7.11 Å². The molecule has 1 aliphatic heterocycles. The Bertz CT molecular complexity index is 410. The number of pyridine rings is 1. The third-order valence-corrected chi connectivity index (χ3v) is 2.59. The second-order valence-electron chi connectivity index (χ2n) is 3.61. The normalized spacial score (nSPS) is 13.9. The Morgan fingerprint density at radius 2 is 2.33 bits per heavy atom. The summed E-state index contributed by atoms with van der Waals surface area (Å²) in [6, 6.07) is 2.09. The molecule has 0 aromatic carbocycles. The van der Waals surface area contributed by atoms with Crippen LogP contribution in [0, 0.1) is 6.92 Å². The van der Waals surface area contributed by atoms with Gasteiger partial charge in [-0.05, 0) is 30.5 Å². The molecule has 2 heterocycles. The highest BCUT2D eigenvalue weighted by Crippen LogP contribution is 2.32. The maximum absolute atomic E-state index is 5.40. The van der Waals surface area contributed by atoms with Gasteiger partial charge >= 0.3 is 0 Å². The first-order valence-electron chi connectivity index (χ1n) is 5.11. The van der Waals surface area contributed by atoms with E-state index in [9.17, 15) is 0 Å². The molecule has 0 radical (unpaired) electrons. The fraction of sp³-hybridized carbons (Fsp3) is 0.417. The van der Waals surface area contributed by atoms with E-state index in [0.29, 0.717) is 12.5 Å². The van der Waals surface area contributed by atoms with Crippen molar-refractivity contribution in [3.63, 3.8) is 0 Å². The predicted octanol–water partition coefficient (Wildman–Crippen LogP) is 2.68. The summed E-state index contributed by atoms with van der Waals surface area (Å²) in [5.41, 5.74) is 4.46. The molecule has 1 aromatic rings. The molecule has 3 heteroatoms. The quantitative estimate of drug-likeness (QED) is 0.743. The summed E-state index contributed by atoms with van der Waals surface area (Å²) in [6.45, 7) is 4.65. The lowest BCUT2D eigenvalue weighted by atomic mass is 9.98. The van der Waals surface area contributed by atoms with Crippen LogP contribution in [0.2, 0.25) is 0 Å². The molecule has 80 valence electrons. The first kappa shape index (κ1) is 10.0. The molecule has 0 aliphatic carbocycles. The number of ether oxygens (including phenoxy) is 2. The van der Waals surface area contributed by atoms with Crippen LogP contribution in [0.5, 0.6) is 5.88 Å². The minimum atomic E-state index is 0.551. The second kappa shape index (κ2) is 3.93. The van der Waals surface area contributed by atoms with E-state index in [0.717, 1.165) is 17.7 Å². The largest absolute Gasteiger partial charge is 0.496 e. The Labute approximate surface area is 89.7 Å². The molecule has 3 nitrogen and oxygen atoms in total. The molecule has 0 unspecified atom stereocenters. The summed E-state index contributed by atoms with van der Waals surface area (Å²) < 4.78 is 10.7. The molecule has 15 heavy (non-hydrogen) atoms. The summed E-state index contributed by atoms with van der Waals surface area (Å²) in [5.74, 6) is 0.684. The van der Waals surface area contributed by atoms with E-state index in [1.165, 1.54) is 11.1 Å². The van der Waals surface area contributed by atoms with E-state index in [2.05, 4.69) is 18.0 Å². The number of aromatic nitrogens is 1. The Kier molecular flexibility index (Phi) is 2.62. The van der Waals surface area contributed by atoms with Gasteiger partial charge in [-0.3, -0.25) is 0 Å². The standard InChI is InChI=1S/C12H15NO2/c1-4-9-6-15-7-11-10(9)5-8(2)13-12(11)14-3/h5-6H,4,7H2,1-3H3. The smallest absolute Gasteiger partial charge is 0.220 e. The highest BCUT2D eigenvalue weighted by Gasteiger charge is 2.18. The van der Waals surface area contributed by atoms with Crippen LogP contribution in [0.3, 0.4) is 0 Å². The summed E-state index contributed by atoms with van der Waals surface area (Å²) >= 11 is 0. The predicted molar refractivity (Wildman–Crippen MR) is 58.6 cm³/mol. The van der Waals surface area contributed by atoms with Crippen molar-refractivity contribution < 1.29 is 9.47 Å². The molecule has 0 saturated carbocycles. The molecule has 0 amide bonds. The van der Waals surface area contributed by atoms with Crippen molar-refractivity contribution >= 4 is 5.57 Å². The lowest BCUT2D eigenvalue weighted by Gasteiger charge is -2.19. The molecule has 0 N–H and O–H groups in total. The van der Waals surface area contributed by atoms with Crippen LogP contribution in [-0.4, -0.2) is 12.1 Å². The van der Waals surface area contributed by atoms with Gasteiger partial charge in [0.1, 0.15) is 6.61 Å². The van der Waals surface area contributed by atoms with Crippen molar-refractivity contribution in [2.45, 2.75) is 26.9 Å². The molecular formula is C12H15NO2. The highest BCUT2D eigenvalue weighted by molar-refractivity contribution is 5.70. The van der Waals surface area contributed by atoms with Gasteiger partial charge < -0.3 is 9.47 Å². The first-order chi connectivity index (χ1) is 7.26. The molecule has 0 saturated heterocycles. The fourth-order valence-electron chi connectivity index (χ4n) is 1.83. The van der Waals surface area contributed by atoms with Crippen LogP contribution in [0.1, 0.15) is 30.2 Å². The molecule has 0 atom stereocenters. The van der Waals surface area contributed by atoms with E-state index >= 15 is 0 Å². The number of aryl methyl sites for hydroxylation is 1. The van der Waals surface area contributed by atoms with Crippen LogP contribution < -0.4 is 4.74 Å². The van der Waals surface area contributed by atoms with Gasteiger partial charge in [0.25, 0.3) is 0 Å². The number of hydrogen-bond donors (Lipinski definition) is 0. The zero-order valence-corrected chi connectivity index (χ0v) is 9.33. The Morgan fingerprint density at radius 3 is 3.00 bits per heavy atom.